The van der Waals surface area contributed by atoms with E-state index in [1.165, 1.54) is 4.90 Å². The van der Waals surface area contributed by atoms with Crippen LogP contribution in [-0.2, 0) is 16.1 Å². The minimum atomic E-state index is -1.05. The van der Waals surface area contributed by atoms with Crippen molar-refractivity contribution in [1.29, 1.82) is 0 Å². The van der Waals surface area contributed by atoms with Crippen molar-refractivity contribution in [3.8, 4) is 0 Å². The number of aliphatic hydroxyl groups excluding tert-OH is 1. The minimum Gasteiger partial charge on any atom is -0.477 e. The molecule has 0 aliphatic carbocycles. The van der Waals surface area contributed by atoms with Gasteiger partial charge in [-0.2, -0.15) is 0 Å². The second kappa shape index (κ2) is 6.12. The highest BCUT2D eigenvalue weighted by atomic mass is 16.4. The van der Waals surface area contributed by atoms with Gasteiger partial charge in [0.05, 0.1) is 18.1 Å². The van der Waals surface area contributed by atoms with E-state index in [2.05, 4.69) is 4.57 Å². The molecule has 122 valence electrons. The largest absolute Gasteiger partial charge is 0.477 e. The first-order valence-corrected chi connectivity index (χ1v) is 7.91. The molecule has 0 aromatic carbocycles. The summed E-state index contributed by atoms with van der Waals surface area (Å²) in [5.74, 6) is -1.78. The summed E-state index contributed by atoms with van der Waals surface area (Å²) in [7, 11) is 0. The summed E-state index contributed by atoms with van der Waals surface area (Å²) >= 11 is 0. The smallest absolute Gasteiger partial charge is 0.352 e. The third kappa shape index (κ3) is 2.74. The van der Waals surface area contributed by atoms with Crippen molar-refractivity contribution >= 4 is 11.9 Å². The molecule has 3 heterocycles. The second-order valence-corrected chi connectivity index (χ2v) is 6.22. The number of amides is 1. The zero-order valence-corrected chi connectivity index (χ0v) is 13.1. The number of carboxylic acids is 1. The zero-order chi connectivity index (χ0) is 16.6. The van der Waals surface area contributed by atoms with Crippen LogP contribution in [0, 0.1) is 5.92 Å². The molecular formula is C17H21N2O4+. The average molecular weight is 317 g/mol. The number of carbonyl (C=O) groups is 2. The van der Waals surface area contributed by atoms with Crippen LogP contribution in [0.2, 0.25) is 0 Å². The van der Waals surface area contributed by atoms with E-state index in [0.717, 1.165) is 18.5 Å². The van der Waals surface area contributed by atoms with Gasteiger partial charge >= 0.3 is 5.97 Å². The van der Waals surface area contributed by atoms with Gasteiger partial charge in [-0.25, -0.2) is 9.36 Å². The van der Waals surface area contributed by atoms with Crippen molar-refractivity contribution in [3.05, 3.63) is 41.9 Å². The lowest BCUT2D eigenvalue weighted by Gasteiger charge is -2.44. The first kappa shape index (κ1) is 15.7. The van der Waals surface area contributed by atoms with E-state index in [-0.39, 0.29) is 17.6 Å². The highest BCUT2D eigenvalue weighted by Gasteiger charge is 2.56. The molecule has 0 unspecified atom stereocenters. The Hall–Kier alpha value is -2.21. The molecular weight excluding hydrogens is 296 g/mol. The lowest BCUT2D eigenvalue weighted by Crippen LogP contribution is -2.61. The normalized spacial score (nSPS) is 24.4. The van der Waals surface area contributed by atoms with E-state index in [1.807, 2.05) is 30.6 Å². The molecule has 23 heavy (non-hydrogen) atoms. The maximum Gasteiger partial charge on any atom is 0.352 e. The Bertz CT molecular complexity index is 654. The van der Waals surface area contributed by atoms with Crippen LogP contribution in [0.4, 0.5) is 0 Å². The number of hydrogen-bond donors (Lipinski definition) is 2. The van der Waals surface area contributed by atoms with Crippen molar-refractivity contribution in [2.45, 2.75) is 44.9 Å². The second-order valence-electron chi connectivity index (χ2n) is 6.22. The highest BCUT2D eigenvalue weighted by molar-refractivity contribution is 5.99. The van der Waals surface area contributed by atoms with Crippen LogP contribution in [0.3, 0.4) is 0 Å². The van der Waals surface area contributed by atoms with Crippen molar-refractivity contribution in [1.82, 2.24) is 4.90 Å². The van der Waals surface area contributed by atoms with Crippen molar-refractivity contribution in [3.63, 3.8) is 0 Å². The van der Waals surface area contributed by atoms with E-state index in [9.17, 15) is 19.8 Å². The molecule has 3 rings (SSSR count). The number of aryl methyl sites for hydroxylation is 1. The summed E-state index contributed by atoms with van der Waals surface area (Å²) in [6.07, 6.45) is 5.23. The molecule has 1 saturated heterocycles. The summed E-state index contributed by atoms with van der Waals surface area (Å²) in [4.78, 5) is 25.0. The maximum absolute atomic E-state index is 12.1. The van der Waals surface area contributed by atoms with Crippen molar-refractivity contribution in [2.24, 2.45) is 5.92 Å². The van der Waals surface area contributed by atoms with Gasteiger partial charge < -0.3 is 15.1 Å². The summed E-state index contributed by atoms with van der Waals surface area (Å²) in [5.41, 5.74) is 0.950. The summed E-state index contributed by atoms with van der Waals surface area (Å²) in [6.45, 7) is 2.39. The number of aliphatic carboxylic acids is 1. The predicted molar refractivity (Wildman–Crippen MR) is 81.0 cm³/mol. The van der Waals surface area contributed by atoms with Gasteiger partial charge in [-0.3, -0.25) is 4.79 Å². The Balaban J connectivity index is 1.69. The number of pyridine rings is 1. The number of carboxylic acid groups (broad SMARTS) is 1. The Labute approximate surface area is 134 Å². The van der Waals surface area contributed by atoms with E-state index < -0.39 is 18.0 Å². The van der Waals surface area contributed by atoms with Gasteiger partial charge in [0, 0.05) is 18.6 Å². The number of nitrogens with zero attached hydrogens (tertiary/aromatic N) is 2. The number of β-lactam (4-membered cyclic amide) rings is 1. The van der Waals surface area contributed by atoms with Gasteiger partial charge in [-0.15, -0.1) is 0 Å². The van der Waals surface area contributed by atoms with Crippen LogP contribution in [-0.4, -0.2) is 39.1 Å². The fraction of sp³-hybridized carbons (Fsp3) is 0.471. The summed E-state index contributed by atoms with van der Waals surface area (Å²) < 4.78 is 2.05. The maximum atomic E-state index is 12.1. The monoisotopic (exact) mass is 317 g/mol. The van der Waals surface area contributed by atoms with Gasteiger partial charge in [-0.05, 0) is 25.3 Å². The molecule has 6 nitrogen and oxygen atoms in total. The highest BCUT2D eigenvalue weighted by Crippen LogP contribution is 2.44. The number of hydrogen-bond acceptors (Lipinski definition) is 3. The fourth-order valence-corrected chi connectivity index (χ4v) is 3.64. The predicted octanol–water partition coefficient (Wildman–Crippen LogP) is 0.704. The third-order valence-electron chi connectivity index (χ3n) is 4.69. The van der Waals surface area contributed by atoms with E-state index >= 15 is 0 Å². The number of fused-ring (bicyclic) bond motifs is 1. The molecule has 2 aliphatic heterocycles. The van der Waals surface area contributed by atoms with Crippen LogP contribution in [0.15, 0.2) is 41.9 Å². The van der Waals surface area contributed by atoms with E-state index in [1.54, 1.807) is 6.92 Å². The lowest BCUT2D eigenvalue weighted by atomic mass is 9.83. The Morgan fingerprint density at radius 1 is 1.39 bits per heavy atom. The molecule has 0 saturated carbocycles. The first-order valence-electron chi connectivity index (χ1n) is 7.91. The van der Waals surface area contributed by atoms with Crippen LogP contribution < -0.4 is 4.57 Å². The molecule has 0 spiro atoms. The number of aromatic nitrogens is 1. The SMILES string of the molecule is C[C@@H](O)[C@H]1C(=O)N2C(C(=O)O)=C(CCC[n+]3ccccc3)C[C@H]12. The molecule has 1 amide bonds. The molecule has 3 atom stereocenters. The average Bonchev–Trinajstić information content (AvgIpc) is 2.82. The van der Waals surface area contributed by atoms with Gasteiger partial charge in [0.2, 0.25) is 5.91 Å². The molecule has 2 N–H and O–H groups in total. The lowest BCUT2D eigenvalue weighted by molar-refractivity contribution is -0.697. The number of carbonyl (C=O) groups excluding carboxylic acids is 1. The Morgan fingerprint density at radius 2 is 2.09 bits per heavy atom. The van der Waals surface area contributed by atoms with Gasteiger partial charge in [-0.1, -0.05) is 6.07 Å². The molecule has 6 heteroatoms. The molecule has 0 bridgehead atoms. The van der Waals surface area contributed by atoms with Crippen molar-refractivity contribution in [2.75, 3.05) is 0 Å². The summed E-state index contributed by atoms with van der Waals surface area (Å²) in [6, 6.07) is 5.67. The van der Waals surface area contributed by atoms with E-state index in [4.69, 9.17) is 0 Å². The zero-order valence-electron chi connectivity index (χ0n) is 13.1. The Kier molecular flexibility index (Phi) is 4.17. The standard InChI is InChI=1S/C17H20N2O4/c1-11(20)14-13-10-12(15(17(22)23)19(13)16(14)21)6-5-9-18-7-3-2-4-8-18/h2-4,7-8,11,13-14,20H,5-6,9-10H2,1H3/p+1/t11-,13-,14-/m1/s1. The first-order chi connectivity index (χ1) is 11.0. The third-order valence-corrected chi connectivity index (χ3v) is 4.69. The number of aliphatic hydroxyl groups is 1. The van der Waals surface area contributed by atoms with Gasteiger partial charge in [0.1, 0.15) is 12.2 Å². The number of rotatable bonds is 6. The van der Waals surface area contributed by atoms with Crippen LogP contribution >= 0.6 is 0 Å². The topological polar surface area (TPSA) is 81.7 Å². The quantitative estimate of drug-likeness (QED) is 0.598. The van der Waals surface area contributed by atoms with E-state index in [0.29, 0.717) is 12.8 Å². The molecule has 1 fully saturated rings. The van der Waals surface area contributed by atoms with Crippen LogP contribution in [0.1, 0.15) is 26.2 Å². The molecule has 2 aliphatic rings. The summed E-state index contributed by atoms with van der Waals surface area (Å²) in [5, 5.41) is 19.2. The molecule has 0 radical (unpaired) electrons. The van der Waals surface area contributed by atoms with Crippen molar-refractivity contribution < 1.29 is 24.4 Å². The fourth-order valence-electron chi connectivity index (χ4n) is 3.64. The van der Waals surface area contributed by atoms with Crippen LogP contribution in [0.5, 0.6) is 0 Å². The van der Waals surface area contributed by atoms with Crippen LogP contribution in [0.25, 0.3) is 0 Å². The minimum absolute atomic E-state index is 0.134. The molecule has 1 aromatic rings. The molecule has 1 aromatic heterocycles. The van der Waals surface area contributed by atoms with Gasteiger partial charge in [0.25, 0.3) is 0 Å². The Morgan fingerprint density at radius 3 is 2.70 bits per heavy atom. The van der Waals surface area contributed by atoms with Gasteiger partial charge in [0.15, 0.2) is 12.4 Å².